The normalized spacial score (nSPS) is 25.8. The molecule has 2 aliphatic heterocycles. The van der Waals surface area contributed by atoms with Crippen molar-refractivity contribution in [2.75, 3.05) is 12.4 Å². The quantitative estimate of drug-likeness (QED) is 0.304. The van der Waals surface area contributed by atoms with Gasteiger partial charge in [-0.05, 0) is 5.57 Å². The summed E-state index contributed by atoms with van der Waals surface area (Å²) in [5, 5.41) is 20.0. The predicted molar refractivity (Wildman–Crippen MR) is 65.0 cm³/mol. The molecule has 1 saturated heterocycles. The number of carbonyl (C=O) groups is 3. The zero-order valence-corrected chi connectivity index (χ0v) is 9.44. The van der Waals surface area contributed by atoms with Crippen molar-refractivity contribution in [2.45, 2.75) is 11.4 Å². The first-order valence-corrected chi connectivity index (χ1v) is 5.87. The summed E-state index contributed by atoms with van der Waals surface area (Å²) < 4.78 is 0. The third-order valence-electron chi connectivity index (χ3n) is 2.69. The number of nitrogens with zero attached hydrogens (tertiary/aromatic N) is 1. The number of carboxylic acids is 1. The number of aliphatic carboxylic acids is 1. The van der Waals surface area contributed by atoms with Gasteiger partial charge in [-0.15, -0.1) is 11.8 Å². The SMILES string of the molecule is O=CN[C@@H]1C(=O)N2C(C(=O)O)=C(CO)CS[C@H]12.[NaH]. The van der Waals surface area contributed by atoms with Crippen molar-refractivity contribution in [3.63, 3.8) is 0 Å². The van der Waals surface area contributed by atoms with Gasteiger partial charge in [0, 0.05) is 5.75 Å². The zero-order chi connectivity index (χ0) is 12.6. The van der Waals surface area contributed by atoms with E-state index in [1.807, 2.05) is 0 Å². The Morgan fingerprint density at radius 3 is 2.78 bits per heavy atom. The number of carbonyl (C=O) groups excluding carboxylic acids is 2. The molecule has 0 saturated carbocycles. The van der Waals surface area contributed by atoms with Crippen LogP contribution < -0.4 is 5.32 Å². The Hall–Kier alpha value is -0.540. The first kappa shape index (κ1) is 15.5. The molecule has 94 valence electrons. The standard InChI is InChI=1S/C9H10N2O5S.Na.H/c12-1-4-2-17-8-5(10-3-13)7(14)11(8)6(4)9(15)16;;/h3,5,8,12H,1-2H2,(H,10,13)(H,15,16);;/t5-,8-;;/m1../s1. The number of amides is 2. The Morgan fingerprint density at radius 2 is 2.28 bits per heavy atom. The second kappa shape index (κ2) is 6.07. The van der Waals surface area contributed by atoms with Crippen LogP contribution in [0.25, 0.3) is 0 Å². The molecule has 3 N–H and O–H groups in total. The van der Waals surface area contributed by atoms with E-state index in [1.165, 1.54) is 11.8 Å². The zero-order valence-electron chi connectivity index (χ0n) is 8.62. The molecular formula is C9H11N2NaO5S. The van der Waals surface area contributed by atoms with E-state index in [-0.39, 0.29) is 35.3 Å². The van der Waals surface area contributed by atoms with Crippen LogP contribution in [0.1, 0.15) is 0 Å². The summed E-state index contributed by atoms with van der Waals surface area (Å²) in [5.74, 6) is -1.36. The first-order chi connectivity index (χ1) is 8.11. The van der Waals surface area contributed by atoms with Crippen LogP contribution in [0.15, 0.2) is 11.3 Å². The Balaban J connectivity index is 0.00000162. The van der Waals surface area contributed by atoms with Crippen LogP contribution in [0, 0.1) is 0 Å². The average molecular weight is 282 g/mol. The van der Waals surface area contributed by atoms with Crippen molar-refractivity contribution in [2.24, 2.45) is 0 Å². The molecule has 0 aromatic carbocycles. The monoisotopic (exact) mass is 282 g/mol. The number of thioether (sulfide) groups is 1. The van der Waals surface area contributed by atoms with Crippen LogP contribution >= 0.6 is 11.8 Å². The number of nitrogens with one attached hydrogen (secondary N) is 1. The molecule has 0 spiro atoms. The Kier molecular flexibility index (Phi) is 5.23. The molecule has 0 aromatic rings. The van der Waals surface area contributed by atoms with Gasteiger partial charge in [0.15, 0.2) is 0 Å². The van der Waals surface area contributed by atoms with Crippen molar-refractivity contribution in [1.29, 1.82) is 0 Å². The first-order valence-electron chi connectivity index (χ1n) is 4.82. The van der Waals surface area contributed by atoms with Crippen LogP contribution in [0.2, 0.25) is 0 Å². The van der Waals surface area contributed by atoms with Crippen LogP contribution in [0.5, 0.6) is 0 Å². The van der Waals surface area contributed by atoms with Crippen molar-refractivity contribution < 1.29 is 24.6 Å². The third kappa shape index (κ3) is 2.30. The van der Waals surface area contributed by atoms with Gasteiger partial charge in [0.1, 0.15) is 17.1 Å². The molecule has 2 rings (SSSR count). The number of rotatable bonds is 4. The van der Waals surface area contributed by atoms with E-state index in [0.717, 1.165) is 4.90 Å². The average Bonchev–Trinajstić information content (AvgIpc) is 2.33. The van der Waals surface area contributed by atoms with Crippen LogP contribution in [0.3, 0.4) is 0 Å². The fourth-order valence-corrected chi connectivity index (χ4v) is 3.24. The summed E-state index contributed by atoms with van der Waals surface area (Å²) in [7, 11) is 0. The van der Waals surface area contributed by atoms with E-state index < -0.39 is 29.9 Å². The summed E-state index contributed by atoms with van der Waals surface area (Å²) in [6, 6.07) is -0.674. The summed E-state index contributed by atoms with van der Waals surface area (Å²) in [4.78, 5) is 34.2. The molecule has 0 aromatic heterocycles. The number of hydrogen-bond acceptors (Lipinski definition) is 5. The summed E-state index contributed by atoms with van der Waals surface area (Å²) >= 11 is 1.32. The third-order valence-corrected chi connectivity index (χ3v) is 4.03. The summed E-state index contributed by atoms with van der Waals surface area (Å²) in [6.07, 6.45) is 0.423. The van der Waals surface area contributed by atoms with Gasteiger partial charge in [0.2, 0.25) is 6.41 Å². The van der Waals surface area contributed by atoms with Gasteiger partial charge in [-0.2, -0.15) is 0 Å². The van der Waals surface area contributed by atoms with Crippen LogP contribution in [0.4, 0.5) is 0 Å². The van der Waals surface area contributed by atoms with E-state index in [9.17, 15) is 14.4 Å². The second-order valence-corrected chi connectivity index (χ2v) is 4.69. The minimum atomic E-state index is -1.24. The number of β-lactam (4-membered cyclic amide) rings is 1. The van der Waals surface area contributed by atoms with E-state index in [1.54, 1.807) is 0 Å². The van der Waals surface area contributed by atoms with Crippen molar-refractivity contribution in [3.05, 3.63) is 11.3 Å². The molecule has 2 atom stereocenters. The van der Waals surface area contributed by atoms with Gasteiger partial charge in [-0.1, -0.05) is 0 Å². The summed E-state index contributed by atoms with van der Waals surface area (Å²) in [6.45, 7) is -0.392. The van der Waals surface area contributed by atoms with Crippen molar-refractivity contribution >= 4 is 59.6 Å². The van der Waals surface area contributed by atoms with Gasteiger partial charge in [0.25, 0.3) is 5.91 Å². The van der Waals surface area contributed by atoms with Crippen LogP contribution in [-0.2, 0) is 14.4 Å². The number of aliphatic hydroxyl groups excluding tert-OH is 1. The predicted octanol–water partition coefficient (Wildman–Crippen LogP) is -2.30. The molecular weight excluding hydrogens is 271 g/mol. The van der Waals surface area contributed by atoms with Gasteiger partial charge < -0.3 is 15.5 Å². The Morgan fingerprint density at radius 1 is 1.61 bits per heavy atom. The van der Waals surface area contributed by atoms with E-state index in [4.69, 9.17) is 10.2 Å². The van der Waals surface area contributed by atoms with Crippen molar-refractivity contribution in [3.8, 4) is 0 Å². The maximum absolute atomic E-state index is 11.7. The molecule has 0 bridgehead atoms. The summed E-state index contributed by atoms with van der Waals surface area (Å²) in [5.41, 5.74) is 0.154. The maximum atomic E-state index is 11.7. The van der Waals surface area contributed by atoms with Gasteiger partial charge in [0.05, 0.1) is 6.61 Å². The molecule has 2 amide bonds. The molecule has 2 aliphatic rings. The van der Waals surface area contributed by atoms with E-state index >= 15 is 0 Å². The Bertz CT molecular complexity index is 427. The van der Waals surface area contributed by atoms with Crippen molar-refractivity contribution in [1.82, 2.24) is 10.2 Å². The molecule has 0 unspecified atom stereocenters. The topological polar surface area (TPSA) is 107 Å². The molecule has 0 aliphatic carbocycles. The molecule has 2 heterocycles. The number of fused-ring (bicyclic) bond motifs is 1. The van der Waals surface area contributed by atoms with Gasteiger partial charge >= 0.3 is 35.5 Å². The number of hydrogen-bond donors (Lipinski definition) is 3. The Labute approximate surface area is 129 Å². The molecule has 1 fully saturated rings. The number of aliphatic hydroxyl groups is 1. The van der Waals surface area contributed by atoms with Gasteiger partial charge in [-0.3, -0.25) is 14.5 Å². The van der Waals surface area contributed by atoms with Gasteiger partial charge in [-0.25, -0.2) is 4.79 Å². The molecule has 9 heteroatoms. The molecule has 7 nitrogen and oxygen atoms in total. The minimum absolute atomic E-state index is 0. The fraction of sp³-hybridized carbons (Fsp3) is 0.444. The van der Waals surface area contributed by atoms with E-state index in [2.05, 4.69) is 5.32 Å². The van der Waals surface area contributed by atoms with Crippen LogP contribution in [-0.4, -0.2) is 86.7 Å². The molecule has 18 heavy (non-hydrogen) atoms. The van der Waals surface area contributed by atoms with E-state index in [0.29, 0.717) is 17.7 Å². The second-order valence-electron chi connectivity index (χ2n) is 3.59. The molecule has 0 radical (unpaired) electrons. The number of carboxylic acid groups (broad SMARTS) is 1. The fourth-order valence-electron chi connectivity index (χ4n) is 1.90.